The van der Waals surface area contributed by atoms with Gasteiger partial charge in [0.05, 0.1) is 34.9 Å². The number of carbonyl (C=O) groups excluding carboxylic acids is 2. The average molecular weight is 448 g/mol. The van der Waals surface area contributed by atoms with Crippen molar-refractivity contribution >= 4 is 40.7 Å². The van der Waals surface area contributed by atoms with Gasteiger partial charge in [-0.15, -0.1) is 0 Å². The molecule has 0 saturated carbocycles. The summed E-state index contributed by atoms with van der Waals surface area (Å²) in [6, 6.07) is 9.30. The molecule has 156 valence electrons. The van der Waals surface area contributed by atoms with Gasteiger partial charge in [-0.1, -0.05) is 29.3 Å². The minimum absolute atomic E-state index is 0.00774. The number of aliphatic hydroxyl groups excluding tert-OH is 1. The third-order valence-electron chi connectivity index (χ3n) is 5.30. The highest BCUT2D eigenvalue weighted by Crippen LogP contribution is 2.41. The van der Waals surface area contributed by atoms with E-state index in [0.29, 0.717) is 27.8 Å². The molecule has 2 aromatic carbocycles. The molecule has 1 saturated heterocycles. The summed E-state index contributed by atoms with van der Waals surface area (Å²) in [6.45, 7) is 0.992. The molecule has 0 radical (unpaired) electrons. The Hall–Kier alpha value is -2.54. The first-order valence-electron chi connectivity index (χ1n) is 9.40. The van der Waals surface area contributed by atoms with Crippen LogP contribution < -0.4 is 4.74 Å². The van der Waals surface area contributed by atoms with Crippen molar-refractivity contribution in [2.45, 2.75) is 12.5 Å². The summed E-state index contributed by atoms with van der Waals surface area (Å²) in [5, 5.41) is 11.7. The van der Waals surface area contributed by atoms with Crippen molar-refractivity contribution in [3.8, 4) is 5.75 Å². The minimum Gasteiger partial charge on any atom is -0.507 e. The maximum atomic E-state index is 12.9. The number of likely N-dealkylation sites (tertiary alicyclic amines) is 1. The lowest BCUT2D eigenvalue weighted by Gasteiger charge is -2.25. The topological polar surface area (TPSA) is 76.1 Å². The number of carbonyl (C=O) groups is 2. The van der Waals surface area contributed by atoms with Gasteiger partial charge in [0.2, 0.25) is 0 Å². The molecular weight excluding hydrogens is 429 g/mol. The van der Waals surface area contributed by atoms with Crippen molar-refractivity contribution in [2.24, 2.45) is 0 Å². The van der Waals surface area contributed by atoms with Gasteiger partial charge in [-0.05, 0) is 41.5 Å². The van der Waals surface area contributed by atoms with Crippen LogP contribution in [0.4, 0.5) is 0 Å². The molecule has 2 aliphatic rings. The Bertz CT molecular complexity index is 1070. The second-order valence-corrected chi connectivity index (χ2v) is 7.89. The first-order valence-corrected chi connectivity index (χ1v) is 10.2. The highest BCUT2D eigenvalue weighted by atomic mass is 35.5. The molecule has 0 aromatic heterocycles. The van der Waals surface area contributed by atoms with E-state index in [0.717, 1.165) is 17.7 Å². The smallest absolute Gasteiger partial charge is 0.295 e. The molecule has 4 rings (SSSR count). The Balaban J connectivity index is 1.86. The average Bonchev–Trinajstić information content (AvgIpc) is 3.30. The van der Waals surface area contributed by atoms with E-state index in [4.69, 9.17) is 32.7 Å². The first-order chi connectivity index (χ1) is 14.4. The van der Waals surface area contributed by atoms with Crippen molar-refractivity contribution in [1.29, 1.82) is 0 Å². The molecular formula is C22H19Cl2NO5. The van der Waals surface area contributed by atoms with Crippen molar-refractivity contribution in [3.63, 3.8) is 0 Å². The molecule has 1 unspecified atom stereocenters. The maximum Gasteiger partial charge on any atom is 0.295 e. The fraction of sp³-hybridized carbons (Fsp3) is 0.273. The zero-order chi connectivity index (χ0) is 21.4. The Morgan fingerprint density at radius 2 is 2.00 bits per heavy atom. The van der Waals surface area contributed by atoms with Crippen LogP contribution in [0.15, 0.2) is 42.0 Å². The Morgan fingerprint density at radius 1 is 1.20 bits per heavy atom. The van der Waals surface area contributed by atoms with Gasteiger partial charge in [0, 0.05) is 25.6 Å². The molecule has 30 heavy (non-hydrogen) atoms. The molecule has 0 spiro atoms. The van der Waals surface area contributed by atoms with Crippen LogP contribution in [-0.2, 0) is 20.7 Å². The van der Waals surface area contributed by atoms with E-state index in [9.17, 15) is 14.7 Å². The predicted molar refractivity (Wildman–Crippen MR) is 113 cm³/mol. The summed E-state index contributed by atoms with van der Waals surface area (Å²) >= 11 is 12.2. The fourth-order valence-corrected chi connectivity index (χ4v) is 4.13. The number of halogens is 2. The summed E-state index contributed by atoms with van der Waals surface area (Å²) in [6.07, 6.45) is 0.717. The van der Waals surface area contributed by atoms with Gasteiger partial charge in [0.1, 0.15) is 11.5 Å². The van der Waals surface area contributed by atoms with E-state index >= 15 is 0 Å². The van der Waals surface area contributed by atoms with Crippen molar-refractivity contribution < 1.29 is 24.2 Å². The van der Waals surface area contributed by atoms with Crippen LogP contribution in [-0.4, -0.2) is 48.6 Å². The lowest BCUT2D eigenvalue weighted by molar-refractivity contribution is -0.140. The molecule has 2 heterocycles. The highest BCUT2D eigenvalue weighted by Gasteiger charge is 2.46. The third kappa shape index (κ3) is 3.55. The molecule has 0 bridgehead atoms. The number of Topliss-reactive ketones (excluding diaryl/α,β-unsaturated/α-hetero) is 1. The number of ether oxygens (including phenoxy) is 2. The van der Waals surface area contributed by atoms with Crippen LogP contribution in [0.2, 0.25) is 10.0 Å². The van der Waals surface area contributed by atoms with Crippen LogP contribution in [0, 0.1) is 0 Å². The van der Waals surface area contributed by atoms with Crippen molar-refractivity contribution in [3.05, 3.63) is 68.7 Å². The van der Waals surface area contributed by atoms with Crippen LogP contribution >= 0.6 is 23.2 Å². The molecule has 6 nitrogen and oxygen atoms in total. The Morgan fingerprint density at radius 3 is 2.73 bits per heavy atom. The van der Waals surface area contributed by atoms with Gasteiger partial charge in [-0.25, -0.2) is 0 Å². The monoisotopic (exact) mass is 447 g/mol. The normalized spacial score (nSPS) is 19.8. The summed E-state index contributed by atoms with van der Waals surface area (Å²) in [5.41, 5.74) is 1.98. The van der Waals surface area contributed by atoms with Crippen molar-refractivity contribution in [1.82, 2.24) is 4.90 Å². The number of rotatable bonds is 5. The van der Waals surface area contributed by atoms with Gasteiger partial charge in [-0.2, -0.15) is 0 Å². The number of aliphatic hydroxyl groups is 1. The van der Waals surface area contributed by atoms with Gasteiger partial charge in [0.25, 0.3) is 11.7 Å². The molecule has 2 aromatic rings. The largest absolute Gasteiger partial charge is 0.507 e. The lowest BCUT2D eigenvalue weighted by atomic mass is 9.94. The Kier molecular flexibility index (Phi) is 5.73. The van der Waals surface area contributed by atoms with Crippen LogP contribution in [0.5, 0.6) is 5.75 Å². The maximum absolute atomic E-state index is 12.9. The number of hydrogen-bond acceptors (Lipinski definition) is 5. The number of nitrogens with zero attached hydrogens (tertiary/aromatic N) is 1. The molecule has 2 aliphatic heterocycles. The fourth-order valence-electron chi connectivity index (χ4n) is 3.82. The third-order valence-corrected chi connectivity index (χ3v) is 6.04. The number of methoxy groups -OCH3 is 1. The Labute approximate surface area is 183 Å². The molecule has 8 heteroatoms. The van der Waals surface area contributed by atoms with E-state index < -0.39 is 17.7 Å². The van der Waals surface area contributed by atoms with Crippen molar-refractivity contribution in [2.75, 3.05) is 26.9 Å². The summed E-state index contributed by atoms with van der Waals surface area (Å²) < 4.78 is 10.6. The van der Waals surface area contributed by atoms with Crippen LogP contribution in [0.3, 0.4) is 0 Å². The summed E-state index contributed by atoms with van der Waals surface area (Å²) in [4.78, 5) is 27.1. The molecule has 1 atom stereocenters. The van der Waals surface area contributed by atoms with E-state index in [1.54, 1.807) is 36.4 Å². The summed E-state index contributed by atoms with van der Waals surface area (Å²) in [7, 11) is 1.51. The number of amides is 1. The van der Waals surface area contributed by atoms with Gasteiger partial charge >= 0.3 is 0 Å². The quantitative estimate of drug-likeness (QED) is 0.425. The van der Waals surface area contributed by atoms with E-state index in [-0.39, 0.29) is 24.5 Å². The number of ketones is 1. The second-order valence-electron chi connectivity index (χ2n) is 7.08. The van der Waals surface area contributed by atoms with E-state index in [2.05, 4.69) is 0 Å². The summed E-state index contributed by atoms with van der Waals surface area (Å²) in [5.74, 6) is -0.933. The number of benzene rings is 2. The zero-order valence-corrected chi connectivity index (χ0v) is 17.7. The SMILES string of the molecule is COCCN1C(=O)C(=O)/C(=C(\O)c2ccc3c(c2)CCO3)C1c1ccc(Cl)c(Cl)c1. The van der Waals surface area contributed by atoms with Crippen LogP contribution in [0.1, 0.15) is 22.7 Å². The standard InChI is InChI=1S/C22H19Cl2NO5/c1-29-9-7-25-19(13-2-4-15(23)16(24)11-13)18(21(27)22(25)28)20(26)14-3-5-17-12(10-14)6-8-30-17/h2-5,10-11,19,26H,6-9H2,1H3/b20-18-. The minimum atomic E-state index is -0.806. The van der Waals surface area contributed by atoms with E-state index in [1.807, 2.05) is 0 Å². The van der Waals surface area contributed by atoms with E-state index in [1.165, 1.54) is 12.0 Å². The molecule has 1 N–H and O–H groups in total. The second kappa shape index (κ2) is 8.30. The lowest BCUT2D eigenvalue weighted by Crippen LogP contribution is -2.32. The van der Waals surface area contributed by atoms with Gasteiger partial charge in [-0.3, -0.25) is 9.59 Å². The van der Waals surface area contributed by atoms with Gasteiger partial charge in [0.15, 0.2) is 0 Å². The molecule has 1 amide bonds. The number of fused-ring (bicyclic) bond motifs is 1. The molecule has 1 fully saturated rings. The van der Waals surface area contributed by atoms with Gasteiger partial charge < -0.3 is 19.5 Å². The zero-order valence-electron chi connectivity index (χ0n) is 16.2. The predicted octanol–water partition coefficient (Wildman–Crippen LogP) is 4.00. The number of hydrogen-bond donors (Lipinski definition) is 1. The van der Waals surface area contributed by atoms with Crippen LogP contribution in [0.25, 0.3) is 5.76 Å². The molecule has 0 aliphatic carbocycles. The highest BCUT2D eigenvalue weighted by molar-refractivity contribution is 6.46. The first kappa shape index (κ1) is 20.7.